The van der Waals surface area contributed by atoms with E-state index in [9.17, 15) is 24.5 Å². The zero-order valence-corrected chi connectivity index (χ0v) is 26.4. The van der Waals surface area contributed by atoms with Crippen molar-refractivity contribution in [3.63, 3.8) is 0 Å². The zero-order valence-electron chi connectivity index (χ0n) is 24.3. The third-order valence-corrected chi connectivity index (χ3v) is 7.19. The van der Waals surface area contributed by atoms with Crippen molar-refractivity contribution in [3.8, 4) is 23.0 Å². The fraction of sp³-hybridized carbons (Fsp3) is 0.258. The van der Waals surface area contributed by atoms with E-state index in [-0.39, 0.29) is 24.4 Å². The van der Waals surface area contributed by atoms with Gasteiger partial charge in [0.1, 0.15) is 12.2 Å². The molecule has 1 N–H and O–H groups in total. The predicted octanol–water partition coefficient (Wildman–Crippen LogP) is 5.64. The van der Waals surface area contributed by atoms with Crippen LogP contribution in [-0.2, 0) is 22.7 Å². The van der Waals surface area contributed by atoms with Crippen molar-refractivity contribution in [3.05, 3.63) is 90.5 Å². The van der Waals surface area contributed by atoms with Gasteiger partial charge < -0.3 is 18.9 Å². The molecule has 3 aromatic carbocycles. The van der Waals surface area contributed by atoms with E-state index in [1.54, 1.807) is 49.4 Å². The SMILES string of the molecule is CCCOc1ccc(CN2C(=O)NC(=O)/C(=C\c3cc(I)c(OCc4ccc([N+](=O)[O-])cc4)c(OCC)c3)C2=O)cc1OC. The average molecular weight is 715 g/mol. The van der Waals surface area contributed by atoms with Gasteiger partial charge in [-0.3, -0.25) is 29.9 Å². The molecule has 13 heteroatoms. The van der Waals surface area contributed by atoms with Crippen molar-refractivity contribution in [2.24, 2.45) is 0 Å². The van der Waals surface area contributed by atoms with Gasteiger partial charge >= 0.3 is 6.03 Å². The molecule has 1 aliphatic heterocycles. The lowest BCUT2D eigenvalue weighted by molar-refractivity contribution is -0.384. The van der Waals surface area contributed by atoms with Crippen molar-refractivity contribution in [1.82, 2.24) is 10.2 Å². The normalized spacial score (nSPS) is 14.0. The lowest BCUT2D eigenvalue weighted by Gasteiger charge is -2.26. The Hall–Kier alpha value is -4.66. The van der Waals surface area contributed by atoms with E-state index in [0.29, 0.717) is 50.9 Å². The van der Waals surface area contributed by atoms with Crippen LogP contribution in [0, 0.1) is 13.7 Å². The number of rotatable bonds is 13. The number of carbonyl (C=O) groups excluding carboxylic acids is 3. The largest absolute Gasteiger partial charge is 0.493 e. The van der Waals surface area contributed by atoms with Gasteiger partial charge in [0, 0.05) is 12.1 Å². The maximum absolute atomic E-state index is 13.4. The van der Waals surface area contributed by atoms with Gasteiger partial charge in [-0.05, 0) is 95.1 Å². The average Bonchev–Trinajstić information content (AvgIpc) is 3.00. The number of nitro benzene ring substituents is 1. The number of carbonyl (C=O) groups is 3. The number of nitrogens with one attached hydrogen (secondary N) is 1. The van der Waals surface area contributed by atoms with E-state index in [0.717, 1.165) is 16.9 Å². The molecule has 3 aromatic rings. The molecule has 1 saturated heterocycles. The summed E-state index contributed by atoms with van der Waals surface area (Å²) in [5, 5.41) is 13.2. The molecule has 4 rings (SSSR count). The minimum atomic E-state index is -0.831. The second-order valence-corrected chi connectivity index (χ2v) is 10.7. The molecule has 230 valence electrons. The summed E-state index contributed by atoms with van der Waals surface area (Å²) in [6.07, 6.45) is 2.21. The van der Waals surface area contributed by atoms with E-state index in [1.165, 1.54) is 25.3 Å². The Morgan fingerprint density at radius 2 is 1.66 bits per heavy atom. The molecule has 44 heavy (non-hydrogen) atoms. The molecule has 1 heterocycles. The van der Waals surface area contributed by atoms with Crippen LogP contribution in [-0.4, -0.2) is 48.0 Å². The Morgan fingerprint density at radius 1 is 0.932 bits per heavy atom. The van der Waals surface area contributed by atoms with E-state index in [1.807, 2.05) is 6.92 Å². The minimum Gasteiger partial charge on any atom is -0.493 e. The van der Waals surface area contributed by atoms with Crippen molar-refractivity contribution < 1.29 is 38.3 Å². The molecule has 0 aromatic heterocycles. The van der Waals surface area contributed by atoms with Gasteiger partial charge in [0.2, 0.25) is 0 Å². The second-order valence-electron chi connectivity index (χ2n) is 9.52. The van der Waals surface area contributed by atoms with E-state index in [2.05, 4.69) is 27.9 Å². The molecule has 12 nitrogen and oxygen atoms in total. The molecule has 0 aliphatic carbocycles. The lowest BCUT2D eigenvalue weighted by Crippen LogP contribution is -2.53. The standard InChI is InChI=1S/C31H30IN3O9/c1-4-12-43-25-11-8-20(15-26(25)41-3)17-34-30(37)23(29(36)33-31(34)38)13-21-14-24(32)28(27(16-21)42-5-2)44-18-19-6-9-22(10-7-19)35(39)40/h6-11,13-16H,4-5,12,17-18H2,1-3H3,(H,33,36,38)/b23-13+. The number of ether oxygens (including phenoxy) is 4. The minimum absolute atomic E-state index is 0.0214. The number of halogens is 1. The highest BCUT2D eigenvalue weighted by Crippen LogP contribution is 2.36. The molecule has 0 bridgehead atoms. The predicted molar refractivity (Wildman–Crippen MR) is 169 cm³/mol. The number of methoxy groups -OCH3 is 1. The zero-order chi connectivity index (χ0) is 31.8. The Balaban J connectivity index is 1.57. The smallest absolute Gasteiger partial charge is 0.331 e. The van der Waals surface area contributed by atoms with Crippen LogP contribution >= 0.6 is 22.6 Å². The molecule has 0 atom stereocenters. The van der Waals surface area contributed by atoms with Crippen molar-refractivity contribution >= 4 is 52.2 Å². The second kappa shape index (κ2) is 14.7. The van der Waals surface area contributed by atoms with E-state index in [4.69, 9.17) is 18.9 Å². The summed E-state index contributed by atoms with van der Waals surface area (Å²) in [6.45, 7) is 4.64. The van der Waals surface area contributed by atoms with Gasteiger partial charge in [-0.15, -0.1) is 0 Å². The summed E-state index contributed by atoms with van der Waals surface area (Å²) in [7, 11) is 1.50. The number of benzene rings is 3. The Bertz CT molecular complexity index is 1610. The molecule has 0 unspecified atom stereocenters. The third-order valence-electron chi connectivity index (χ3n) is 6.39. The Labute approximate surface area is 267 Å². The quantitative estimate of drug-likeness (QED) is 0.0782. The van der Waals surface area contributed by atoms with Crippen LogP contribution in [0.5, 0.6) is 23.0 Å². The van der Waals surface area contributed by atoms with Crippen molar-refractivity contribution in [2.75, 3.05) is 20.3 Å². The lowest BCUT2D eigenvalue weighted by atomic mass is 10.1. The number of nitrogens with zero attached hydrogens (tertiary/aromatic N) is 2. The van der Waals surface area contributed by atoms with Crippen LogP contribution in [0.3, 0.4) is 0 Å². The van der Waals surface area contributed by atoms with Gasteiger partial charge in [-0.1, -0.05) is 13.0 Å². The van der Waals surface area contributed by atoms with Gasteiger partial charge in [0.15, 0.2) is 23.0 Å². The molecular formula is C31H30IN3O9. The van der Waals surface area contributed by atoms with Crippen LogP contribution < -0.4 is 24.3 Å². The number of hydrogen-bond acceptors (Lipinski definition) is 9. The van der Waals surface area contributed by atoms with Gasteiger partial charge in [0.05, 0.1) is 35.4 Å². The Morgan fingerprint density at radius 3 is 2.32 bits per heavy atom. The fourth-order valence-corrected chi connectivity index (χ4v) is 5.05. The highest BCUT2D eigenvalue weighted by molar-refractivity contribution is 14.1. The number of amides is 4. The van der Waals surface area contributed by atoms with Crippen molar-refractivity contribution in [2.45, 2.75) is 33.4 Å². The summed E-state index contributed by atoms with van der Waals surface area (Å²) < 4.78 is 23.5. The van der Waals surface area contributed by atoms with Gasteiger partial charge in [-0.25, -0.2) is 4.79 Å². The molecule has 0 saturated carbocycles. The number of non-ortho nitro benzene ring substituents is 1. The summed E-state index contributed by atoms with van der Waals surface area (Å²) in [4.78, 5) is 50.3. The number of barbiturate groups is 1. The van der Waals surface area contributed by atoms with Crippen LogP contribution in [0.2, 0.25) is 0 Å². The first-order valence-electron chi connectivity index (χ1n) is 13.7. The molecule has 1 aliphatic rings. The van der Waals surface area contributed by atoms with Crippen LogP contribution in [0.25, 0.3) is 6.08 Å². The summed E-state index contributed by atoms with van der Waals surface area (Å²) >= 11 is 2.06. The molecule has 0 radical (unpaired) electrons. The van der Waals surface area contributed by atoms with Crippen LogP contribution in [0.4, 0.5) is 10.5 Å². The first-order valence-corrected chi connectivity index (χ1v) is 14.7. The highest BCUT2D eigenvalue weighted by atomic mass is 127. The molecular weight excluding hydrogens is 685 g/mol. The van der Waals surface area contributed by atoms with E-state index >= 15 is 0 Å². The van der Waals surface area contributed by atoms with E-state index < -0.39 is 22.8 Å². The van der Waals surface area contributed by atoms with Crippen molar-refractivity contribution in [1.29, 1.82) is 0 Å². The summed E-state index contributed by atoms with van der Waals surface area (Å²) in [5.41, 5.74) is 1.55. The van der Waals surface area contributed by atoms with Crippen LogP contribution in [0.15, 0.2) is 60.2 Å². The topological polar surface area (TPSA) is 147 Å². The monoisotopic (exact) mass is 715 g/mol. The Kier molecular flexibility index (Phi) is 10.8. The number of urea groups is 1. The van der Waals surface area contributed by atoms with Crippen LogP contribution in [0.1, 0.15) is 37.0 Å². The maximum Gasteiger partial charge on any atom is 0.331 e. The van der Waals surface area contributed by atoms with Gasteiger partial charge in [0.25, 0.3) is 17.5 Å². The number of hydrogen-bond donors (Lipinski definition) is 1. The molecule has 0 spiro atoms. The van der Waals surface area contributed by atoms with Gasteiger partial charge in [-0.2, -0.15) is 0 Å². The first kappa shape index (κ1) is 32.3. The fourth-order valence-electron chi connectivity index (χ4n) is 4.27. The summed E-state index contributed by atoms with van der Waals surface area (Å²) in [5.74, 6) is 0.246. The third kappa shape index (κ3) is 7.64. The first-order chi connectivity index (χ1) is 21.1. The molecule has 1 fully saturated rings. The molecule has 4 amide bonds. The number of imide groups is 2. The maximum atomic E-state index is 13.4. The number of nitro groups is 1. The highest BCUT2D eigenvalue weighted by Gasteiger charge is 2.36. The summed E-state index contributed by atoms with van der Waals surface area (Å²) in [6, 6.07) is 13.6.